The number of rotatable bonds is 20. The molecule has 3 rings (SSSR count). The Bertz CT molecular complexity index is 2730. The molecule has 3 aliphatic rings. The maximum Gasteiger partial charge on any atom is 0.414 e. The average Bonchev–Trinajstić information content (AvgIpc) is 0.813. The molecule has 36 heteroatoms. The number of carboxylic acid groups (broad SMARTS) is 2. The van der Waals surface area contributed by atoms with Crippen molar-refractivity contribution in [3.05, 3.63) is 47.9 Å². The van der Waals surface area contributed by atoms with Gasteiger partial charge < -0.3 is 98.5 Å². The van der Waals surface area contributed by atoms with Crippen molar-refractivity contribution in [2.24, 2.45) is 39.4 Å². The number of aliphatic imine (C=N–C) groups is 2. The van der Waals surface area contributed by atoms with Gasteiger partial charge in [0.2, 0.25) is 29.2 Å². The lowest BCUT2D eigenvalue weighted by atomic mass is 9.85. The standard InChI is InChI=1S/C26H43N3O10.C22H37N3O10.C13H22N2O6.CH2Cl2/c1-14(13-36-16(3)30)19(34-10)20-15(2)17(12-18(37-20)21(31)35-11)27-22(28-23(32)38-25(4,5)6)29-24(33)39-26(7,8)9;1-11-12(9-14(17(28)29)33-15(11)16(32-8)13(27)10-26)23-18(24-19(30)34-21(2,3)4)25-20(31)35-22(5,6)7;1-6-8(15-7(2)14)4-10(13(18)19)21-11(6)12(20-3)9(17)5-16;2-1-3/h12,14-15,17,19-20H,13H2,1-11H3,(H2,27,28,29,32,33);9,11-13,15-16,26-27H,10H2,1-8H3,(H,28,29)(H2,23,24,25,30,31);4,6,8-9,11-12,15-17H,2,5,14H2,1,3H3,(H,18,19);1H2/t14-,15-,17+,19-,20-;11-,12+,13-,15-,16-;6-,8+,9-,11-,12-;/m111./s1. The maximum atomic E-state index is 12.5. The molecular weight excluding hydrogens is 1340 g/mol. The second-order valence-electron chi connectivity index (χ2n) is 26.1. The molecule has 0 aromatic heterocycles. The van der Waals surface area contributed by atoms with E-state index in [-0.39, 0.29) is 53.0 Å². The molecule has 0 aromatic rings. The van der Waals surface area contributed by atoms with E-state index in [1.54, 1.807) is 111 Å². The van der Waals surface area contributed by atoms with Gasteiger partial charge in [-0.2, -0.15) is 0 Å². The van der Waals surface area contributed by atoms with E-state index >= 15 is 0 Å². The molecule has 0 aromatic carbocycles. The monoisotopic (exact) mass is 1450 g/mol. The highest BCUT2D eigenvalue weighted by atomic mass is 35.5. The molecule has 0 bridgehead atoms. The maximum absolute atomic E-state index is 12.5. The van der Waals surface area contributed by atoms with E-state index < -0.39 is 168 Å². The first-order chi connectivity index (χ1) is 45.1. The molecule has 0 saturated carbocycles. The van der Waals surface area contributed by atoms with Crippen LogP contribution in [0.3, 0.4) is 0 Å². The molecule has 0 saturated heterocycles. The van der Waals surface area contributed by atoms with Gasteiger partial charge in [0.05, 0.1) is 56.2 Å². The number of esters is 2. The van der Waals surface area contributed by atoms with Crippen LogP contribution in [0.15, 0.2) is 57.9 Å². The summed E-state index contributed by atoms with van der Waals surface area (Å²) in [6.45, 7) is 30.7. The van der Waals surface area contributed by atoms with E-state index in [1.807, 2.05) is 0 Å². The number of guanidine groups is 2. The Balaban J connectivity index is 0.00000147. The number of alkyl carbamates (subject to hydrolysis) is 4. The molecule has 34 nitrogen and oxygen atoms in total. The van der Waals surface area contributed by atoms with Crippen LogP contribution in [0, 0.1) is 23.7 Å². The molecule has 0 spiro atoms. The minimum absolute atomic E-state index is 0.0529. The van der Waals surface area contributed by atoms with Crippen molar-refractivity contribution < 1.29 is 126 Å². The Morgan fingerprint density at radius 1 is 0.571 bits per heavy atom. The summed E-state index contributed by atoms with van der Waals surface area (Å²) in [4.78, 5) is 105. The van der Waals surface area contributed by atoms with Crippen LogP contribution < -0.4 is 32.3 Å². The molecule has 13 N–H and O–H groups in total. The highest BCUT2D eigenvalue weighted by Gasteiger charge is 2.45. The number of halogens is 2. The number of hydrogen-bond donors (Lipinski definition) is 12. The van der Waals surface area contributed by atoms with Crippen LogP contribution in [-0.4, -0.2) is 234 Å². The third-order valence-corrected chi connectivity index (χ3v) is 13.2. The second kappa shape index (κ2) is 41.8. The van der Waals surface area contributed by atoms with Crippen molar-refractivity contribution >= 4 is 83.4 Å². The summed E-state index contributed by atoms with van der Waals surface area (Å²) >= 11 is 9.53. The predicted molar refractivity (Wildman–Crippen MR) is 355 cm³/mol. The number of carboxylic acids is 2. The fraction of sp³-hybridized carbons (Fsp3) is 0.710. The van der Waals surface area contributed by atoms with Crippen LogP contribution in [0.1, 0.15) is 118 Å². The smallest absolute Gasteiger partial charge is 0.414 e. The quantitative estimate of drug-likeness (QED) is 0.0265. The van der Waals surface area contributed by atoms with Gasteiger partial charge in [-0.1, -0.05) is 34.3 Å². The number of nitrogens with two attached hydrogens (primary N) is 1. The van der Waals surface area contributed by atoms with E-state index in [4.69, 9.17) is 96.0 Å². The summed E-state index contributed by atoms with van der Waals surface area (Å²) in [6, 6.07) is -2.23. The van der Waals surface area contributed by atoms with Crippen molar-refractivity contribution in [1.82, 2.24) is 26.6 Å². The number of carbonyl (C=O) groups excluding carboxylic acids is 6. The number of aliphatic carboxylic acids is 2. The Labute approximate surface area is 581 Å². The minimum atomic E-state index is -1.41. The lowest BCUT2D eigenvalue weighted by Gasteiger charge is -2.39. The topological polar surface area (TPSA) is 480 Å². The van der Waals surface area contributed by atoms with Gasteiger partial charge in [0.25, 0.3) is 0 Å². The lowest BCUT2D eigenvalue weighted by molar-refractivity contribution is -0.152. The summed E-state index contributed by atoms with van der Waals surface area (Å²) in [5, 5.41) is 69.6. The van der Waals surface area contributed by atoms with Crippen molar-refractivity contribution in [3.8, 4) is 0 Å². The van der Waals surface area contributed by atoms with Crippen LogP contribution in [0.5, 0.6) is 0 Å². The molecular formula is C62H104Cl2N8O26. The van der Waals surface area contributed by atoms with Crippen molar-refractivity contribution in [1.29, 1.82) is 0 Å². The van der Waals surface area contributed by atoms with E-state index in [0.29, 0.717) is 0 Å². The first-order valence-electron chi connectivity index (χ1n) is 30.5. The number of carbonyl (C=O) groups is 8. The van der Waals surface area contributed by atoms with Gasteiger partial charge in [-0.15, -0.1) is 23.2 Å². The zero-order chi connectivity index (χ0) is 76.1. The number of nitrogens with one attached hydrogen (secondary N) is 5. The van der Waals surface area contributed by atoms with Crippen molar-refractivity contribution in [2.45, 2.75) is 207 Å². The largest absolute Gasteiger partial charge is 0.480 e. The van der Waals surface area contributed by atoms with Gasteiger partial charge in [-0.05, 0) is 101 Å². The minimum Gasteiger partial charge on any atom is -0.480 e. The van der Waals surface area contributed by atoms with Gasteiger partial charge in [-0.3, -0.25) is 26.1 Å². The summed E-state index contributed by atoms with van der Waals surface area (Å²) < 4.78 is 64.0. The number of ether oxygens (including phenoxy) is 12. The number of aliphatic hydroxyl groups is 4. The molecule has 3 heterocycles. The first-order valence-corrected chi connectivity index (χ1v) is 31.6. The van der Waals surface area contributed by atoms with Crippen LogP contribution in [-0.2, 0) is 76.0 Å². The molecule has 0 aliphatic carbocycles. The Kier molecular flexibility index (Phi) is 38.7. The number of aliphatic hydroxyl groups excluding tert-OH is 4. The SMILES string of the molecule is C=C(N)N[C@H]1C=C(C(=O)O)O[C@@H]([C@H](OC)[C@H](O)CO)[C@@H]1C.COC(=O)C1=C[C@H](N=C(NC(=O)OC(C)(C)C)NC(=O)OC(C)(C)C)[C@@H](C)[C@H]([C@H](OC)[C@H](C)COC(C)=O)O1.CO[C@@H]([C@@H]1OC(C(=O)O)=C[C@H](N=C(NC(=O)OC(C)(C)C)NC(=O)OC(C)(C)C)[C@H]1C)[C@H](O)CO.ClCCl. The lowest BCUT2D eigenvalue weighted by Crippen LogP contribution is -2.53. The molecule has 0 fully saturated rings. The van der Waals surface area contributed by atoms with Gasteiger partial charge in [0.15, 0.2) is 0 Å². The van der Waals surface area contributed by atoms with Crippen LogP contribution >= 0.6 is 23.2 Å². The highest BCUT2D eigenvalue weighted by Crippen LogP contribution is 2.34. The van der Waals surface area contributed by atoms with Gasteiger partial charge in [0.1, 0.15) is 71.2 Å². The predicted octanol–water partition coefficient (Wildman–Crippen LogP) is 4.37. The molecule has 3 aliphatic heterocycles. The van der Waals surface area contributed by atoms with E-state index in [9.17, 15) is 58.8 Å². The van der Waals surface area contributed by atoms with E-state index in [2.05, 4.69) is 43.1 Å². The van der Waals surface area contributed by atoms with Gasteiger partial charge in [-0.25, -0.2) is 43.5 Å². The van der Waals surface area contributed by atoms with Crippen molar-refractivity contribution in [3.63, 3.8) is 0 Å². The molecule has 98 heavy (non-hydrogen) atoms. The molecule has 562 valence electrons. The first kappa shape index (κ1) is 90.6. The van der Waals surface area contributed by atoms with E-state index in [1.165, 1.54) is 53.6 Å². The average molecular weight is 1450 g/mol. The molecule has 4 amide bonds. The molecule has 0 unspecified atom stereocenters. The van der Waals surface area contributed by atoms with Gasteiger partial charge >= 0.3 is 48.3 Å². The highest BCUT2D eigenvalue weighted by molar-refractivity contribution is 6.40. The Morgan fingerprint density at radius 3 is 1.16 bits per heavy atom. The van der Waals surface area contributed by atoms with Crippen LogP contribution in [0.4, 0.5) is 19.2 Å². The van der Waals surface area contributed by atoms with Crippen molar-refractivity contribution in [2.75, 3.05) is 53.6 Å². The Hall–Kier alpha value is -7.44. The summed E-state index contributed by atoms with van der Waals surface area (Å²) in [6.07, 6.45) is -7.33. The molecule has 15 atom stereocenters. The Morgan fingerprint density at radius 2 is 0.878 bits per heavy atom. The number of amides is 4. The van der Waals surface area contributed by atoms with Gasteiger partial charge in [0, 0.05) is 51.9 Å². The number of nitrogens with zero attached hydrogens (tertiary/aromatic N) is 2. The van der Waals surface area contributed by atoms with E-state index in [0.717, 1.165) is 0 Å². The van der Waals surface area contributed by atoms with Crippen LogP contribution in [0.25, 0.3) is 0 Å². The number of methoxy groups -OCH3 is 4. The fourth-order valence-corrected chi connectivity index (χ4v) is 9.01. The van der Waals surface area contributed by atoms with Crippen LogP contribution in [0.2, 0.25) is 0 Å². The third-order valence-electron chi connectivity index (χ3n) is 13.2. The summed E-state index contributed by atoms with van der Waals surface area (Å²) in [7, 11) is 5.30. The fourth-order valence-electron chi connectivity index (χ4n) is 9.01. The third kappa shape index (κ3) is 33.9. The zero-order valence-corrected chi connectivity index (χ0v) is 61.0. The molecule has 0 radical (unpaired) electrons. The zero-order valence-electron chi connectivity index (χ0n) is 59.5. The number of hydrogen-bond acceptors (Lipinski definition) is 28. The summed E-state index contributed by atoms with van der Waals surface area (Å²) in [5.74, 6) is -6.88. The summed E-state index contributed by atoms with van der Waals surface area (Å²) in [5.41, 5.74) is 2.17. The second-order valence-corrected chi connectivity index (χ2v) is 26.9. The normalized spacial score (nSPS) is 22.3. The number of alkyl halides is 2.